The van der Waals surface area contributed by atoms with Crippen molar-refractivity contribution in [3.63, 3.8) is 0 Å². The van der Waals surface area contributed by atoms with Crippen LogP contribution >= 0.6 is 0 Å². The molecule has 1 aliphatic carbocycles. The lowest BCUT2D eigenvalue weighted by atomic mass is 9.62. The Kier molecular flexibility index (Phi) is 5.30. The SMILES string of the molecule is CCOC(=O)CN1C(=O)[C@@]2(C(C(=O)OC)=C(N)OC3=C2C(=O)CC(C)(C)C3)c2ccccc21. The molecule has 1 amide bonds. The van der Waals surface area contributed by atoms with Crippen LogP contribution in [-0.2, 0) is 38.8 Å². The van der Waals surface area contributed by atoms with Gasteiger partial charge in [0.1, 0.15) is 23.3 Å². The first-order chi connectivity index (χ1) is 15.6. The van der Waals surface area contributed by atoms with Crippen LogP contribution in [0.15, 0.2) is 47.1 Å². The number of carbonyl (C=O) groups is 4. The molecule has 0 unspecified atom stereocenters. The Balaban J connectivity index is 2.03. The van der Waals surface area contributed by atoms with Crippen molar-refractivity contribution in [3.05, 3.63) is 52.6 Å². The number of methoxy groups -OCH3 is 1. The molecule has 1 spiro atoms. The Morgan fingerprint density at radius 1 is 1.18 bits per heavy atom. The average Bonchev–Trinajstić information content (AvgIpc) is 2.96. The van der Waals surface area contributed by atoms with Gasteiger partial charge in [0.05, 0.1) is 19.3 Å². The molecule has 4 rings (SSSR count). The summed E-state index contributed by atoms with van der Waals surface area (Å²) >= 11 is 0. The van der Waals surface area contributed by atoms with Crippen LogP contribution in [0.5, 0.6) is 0 Å². The third kappa shape index (κ3) is 3.21. The lowest BCUT2D eigenvalue weighted by molar-refractivity contribution is -0.142. The highest BCUT2D eigenvalue weighted by Gasteiger charge is 2.64. The van der Waals surface area contributed by atoms with E-state index in [-0.39, 0.29) is 48.1 Å². The number of esters is 2. The van der Waals surface area contributed by atoms with Gasteiger partial charge < -0.3 is 19.9 Å². The number of ketones is 1. The van der Waals surface area contributed by atoms with Crippen LogP contribution in [0, 0.1) is 5.41 Å². The number of ether oxygens (including phenoxy) is 3. The Morgan fingerprint density at radius 2 is 1.88 bits per heavy atom. The van der Waals surface area contributed by atoms with Gasteiger partial charge in [-0.3, -0.25) is 19.3 Å². The van der Waals surface area contributed by atoms with Gasteiger partial charge in [0, 0.05) is 24.1 Å². The average molecular weight is 454 g/mol. The summed E-state index contributed by atoms with van der Waals surface area (Å²) in [5, 5.41) is 0. The van der Waals surface area contributed by atoms with E-state index >= 15 is 0 Å². The van der Waals surface area contributed by atoms with Gasteiger partial charge in [-0.1, -0.05) is 32.0 Å². The Labute approximate surface area is 191 Å². The summed E-state index contributed by atoms with van der Waals surface area (Å²) in [5.74, 6) is -2.53. The number of amides is 1. The molecule has 9 nitrogen and oxygen atoms in total. The molecule has 2 heterocycles. The van der Waals surface area contributed by atoms with Gasteiger partial charge in [0.15, 0.2) is 5.78 Å². The number of fused-ring (bicyclic) bond motifs is 3. The van der Waals surface area contributed by atoms with Crippen LogP contribution in [0.2, 0.25) is 0 Å². The molecule has 0 saturated carbocycles. The third-order valence-corrected chi connectivity index (χ3v) is 6.21. The minimum Gasteiger partial charge on any atom is -0.465 e. The molecule has 2 N–H and O–H groups in total. The smallest absolute Gasteiger partial charge is 0.340 e. The number of benzene rings is 1. The largest absolute Gasteiger partial charge is 0.465 e. The van der Waals surface area contributed by atoms with Gasteiger partial charge in [-0.2, -0.15) is 0 Å². The number of rotatable bonds is 4. The van der Waals surface area contributed by atoms with Crippen LogP contribution in [0.4, 0.5) is 5.69 Å². The van der Waals surface area contributed by atoms with E-state index < -0.39 is 28.7 Å². The topological polar surface area (TPSA) is 125 Å². The minimum absolute atomic E-state index is 0.0697. The summed E-state index contributed by atoms with van der Waals surface area (Å²) < 4.78 is 15.8. The van der Waals surface area contributed by atoms with Crippen molar-refractivity contribution in [1.82, 2.24) is 0 Å². The molecule has 1 aromatic carbocycles. The normalized spacial score (nSPS) is 23.3. The van der Waals surface area contributed by atoms with Gasteiger partial charge in [0.25, 0.3) is 0 Å². The maximum Gasteiger partial charge on any atom is 0.340 e. The first-order valence-electron chi connectivity index (χ1n) is 10.7. The molecule has 0 aromatic heterocycles. The Hall–Kier alpha value is -3.62. The number of para-hydroxylation sites is 1. The summed E-state index contributed by atoms with van der Waals surface area (Å²) in [5.41, 5.74) is 4.47. The summed E-state index contributed by atoms with van der Waals surface area (Å²) in [7, 11) is 1.16. The predicted octanol–water partition coefficient (Wildman–Crippen LogP) is 1.85. The van der Waals surface area contributed by atoms with Crippen LogP contribution in [-0.4, -0.2) is 43.9 Å². The van der Waals surface area contributed by atoms with Crippen molar-refractivity contribution in [2.45, 2.75) is 39.0 Å². The lowest BCUT2D eigenvalue weighted by Gasteiger charge is -2.42. The first-order valence-corrected chi connectivity index (χ1v) is 10.7. The molecule has 2 aliphatic heterocycles. The van der Waals surface area contributed by atoms with Gasteiger partial charge in [-0.15, -0.1) is 0 Å². The first kappa shape index (κ1) is 22.6. The third-order valence-electron chi connectivity index (χ3n) is 6.21. The van der Waals surface area contributed by atoms with E-state index in [1.807, 2.05) is 13.8 Å². The fourth-order valence-corrected chi connectivity index (χ4v) is 5.05. The molecule has 0 bridgehead atoms. The van der Waals surface area contributed by atoms with Crippen molar-refractivity contribution < 1.29 is 33.4 Å². The van der Waals surface area contributed by atoms with Crippen molar-refractivity contribution >= 4 is 29.3 Å². The van der Waals surface area contributed by atoms with Gasteiger partial charge in [-0.25, -0.2) is 4.79 Å². The number of nitrogens with two attached hydrogens (primary N) is 1. The molecule has 0 saturated heterocycles. The highest BCUT2D eigenvalue weighted by molar-refractivity contribution is 6.24. The maximum atomic E-state index is 14.2. The number of hydrogen-bond donors (Lipinski definition) is 1. The van der Waals surface area contributed by atoms with Crippen LogP contribution in [0.25, 0.3) is 0 Å². The predicted molar refractivity (Wildman–Crippen MR) is 116 cm³/mol. The molecule has 174 valence electrons. The van der Waals surface area contributed by atoms with Crippen molar-refractivity contribution in [2.24, 2.45) is 11.1 Å². The lowest BCUT2D eigenvalue weighted by Crippen LogP contribution is -2.52. The van der Waals surface area contributed by atoms with Crippen LogP contribution in [0.3, 0.4) is 0 Å². The highest BCUT2D eigenvalue weighted by atomic mass is 16.5. The standard InChI is InChI=1S/C24H26N2O7/c1-5-32-17(28)12-26-14-9-7-6-8-13(14)24(22(26)30)18-15(27)10-23(2,3)11-16(18)33-20(25)19(24)21(29)31-4/h6-9H,5,10-12,25H2,1-4H3/t24-/m0/s1. The molecule has 33 heavy (non-hydrogen) atoms. The molecule has 1 atom stereocenters. The zero-order valence-corrected chi connectivity index (χ0v) is 19.0. The zero-order valence-electron chi connectivity index (χ0n) is 19.0. The number of hydrogen-bond acceptors (Lipinski definition) is 8. The number of allylic oxidation sites excluding steroid dienone is 1. The van der Waals surface area contributed by atoms with Gasteiger partial charge in [-0.05, 0) is 18.4 Å². The van der Waals surface area contributed by atoms with Crippen molar-refractivity contribution in [2.75, 3.05) is 25.2 Å². The zero-order chi connectivity index (χ0) is 24.1. The van der Waals surface area contributed by atoms with Gasteiger partial charge in [0.2, 0.25) is 11.8 Å². The second-order valence-corrected chi connectivity index (χ2v) is 9.04. The molecule has 0 radical (unpaired) electrons. The second-order valence-electron chi connectivity index (χ2n) is 9.04. The van der Waals surface area contributed by atoms with Gasteiger partial charge >= 0.3 is 11.9 Å². The number of anilines is 1. The number of Topliss-reactive ketones (excluding diaryl/α,β-unsaturated/α-hetero) is 1. The van der Waals surface area contributed by atoms with E-state index in [9.17, 15) is 19.2 Å². The maximum absolute atomic E-state index is 14.2. The summed E-state index contributed by atoms with van der Waals surface area (Å²) in [6.45, 7) is 5.25. The number of nitrogens with zero attached hydrogens (tertiary/aromatic N) is 1. The Bertz CT molecular complexity index is 1150. The number of carbonyl (C=O) groups excluding carboxylic acids is 4. The summed E-state index contributed by atoms with van der Waals surface area (Å²) in [6, 6.07) is 6.70. The van der Waals surface area contributed by atoms with E-state index in [1.165, 1.54) is 4.90 Å². The molecular weight excluding hydrogens is 428 g/mol. The van der Waals surface area contributed by atoms with Crippen molar-refractivity contribution in [1.29, 1.82) is 0 Å². The molecule has 9 heteroatoms. The van der Waals surface area contributed by atoms with E-state index in [2.05, 4.69) is 0 Å². The highest BCUT2D eigenvalue weighted by Crippen LogP contribution is 2.57. The van der Waals surface area contributed by atoms with E-state index in [4.69, 9.17) is 19.9 Å². The summed E-state index contributed by atoms with van der Waals surface area (Å²) in [4.78, 5) is 54.3. The molecule has 3 aliphatic rings. The van der Waals surface area contributed by atoms with Crippen molar-refractivity contribution in [3.8, 4) is 0 Å². The fourth-order valence-electron chi connectivity index (χ4n) is 5.05. The molecular formula is C24H26N2O7. The molecule has 1 aromatic rings. The van der Waals surface area contributed by atoms with E-state index in [0.29, 0.717) is 17.7 Å². The van der Waals surface area contributed by atoms with Crippen LogP contribution in [0.1, 0.15) is 39.2 Å². The van der Waals surface area contributed by atoms with E-state index in [1.54, 1.807) is 31.2 Å². The van der Waals surface area contributed by atoms with Crippen LogP contribution < -0.4 is 10.6 Å². The minimum atomic E-state index is -1.87. The fraction of sp³-hybridized carbons (Fsp3) is 0.417. The Morgan fingerprint density at radius 3 is 2.55 bits per heavy atom. The monoisotopic (exact) mass is 454 g/mol. The second kappa shape index (κ2) is 7.75. The quantitative estimate of drug-likeness (QED) is 0.684. The van der Waals surface area contributed by atoms with E-state index in [0.717, 1.165) is 7.11 Å². The molecule has 0 fully saturated rings. The summed E-state index contributed by atoms with van der Waals surface area (Å²) in [6.07, 6.45) is 0.497.